The van der Waals surface area contributed by atoms with E-state index in [-0.39, 0.29) is 17.3 Å². The lowest BCUT2D eigenvalue weighted by atomic mass is 9.89. The van der Waals surface area contributed by atoms with Crippen molar-refractivity contribution in [3.63, 3.8) is 0 Å². The highest BCUT2D eigenvalue weighted by atomic mass is 79.9. The second-order valence-corrected chi connectivity index (χ2v) is 4.52. The summed E-state index contributed by atoms with van der Waals surface area (Å²) in [5.41, 5.74) is 0.780. The maximum atomic E-state index is 11.4. The van der Waals surface area contributed by atoms with E-state index in [1.54, 1.807) is 12.1 Å². The zero-order chi connectivity index (χ0) is 12.3. The van der Waals surface area contributed by atoms with Gasteiger partial charge in [0.2, 0.25) is 0 Å². The van der Waals surface area contributed by atoms with Crippen LogP contribution in [0.4, 0.5) is 0 Å². The highest BCUT2D eigenvalue weighted by molar-refractivity contribution is 9.10. The molecule has 0 aliphatic carbocycles. The number of carbonyl (C=O) groups excluding carboxylic acids is 1. The zero-order valence-corrected chi connectivity index (χ0v) is 10.7. The van der Waals surface area contributed by atoms with Gasteiger partial charge in [0.05, 0.1) is 5.56 Å². The Morgan fingerprint density at radius 2 is 2.06 bits per heavy atom. The van der Waals surface area contributed by atoms with Gasteiger partial charge in [0.25, 0.3) is 0 Å². The molecule has 0 aromatic heterocycles. The predicted molar refractivity (Wildman–Crippen MR) is 64.8 cm³/mol. The molecule has 0 heterocycles. The average molecular weight is 285 g/mol. The van der Waals surface area contributed by atoms with E-state index in [1.807, 2.05) is 6.92 Å². The second kappa shape index (κ2) is 5.25. The molecule has 0 bridgehead atoms. The Bertz CT molecular complexity index is 426. The minimum atomic E-state index is -1.00. The lowest BCUT2D eigenvalue weighted by Gasteiger charge is -2.14. The first kappa shape index (κ1) is 12.9. The summed E-state index contributed by atoms with van der Waals surface area (Å²) in [5.74, 6) is -1.34. The fourth-order valence-corrected chi connectivity index (χ4v) is 2.11. The maximum Gasteiger partial charge on any atom is 0.336 e. The van der Waals surface area contributed by atoms with E-state index < -0.39 is 5.97 Å². The van der Waals surface area contributed by atoms with Crippen LogP contribution in [0.25, 0.3) is 0 Å². The summed E-state index contributed by atoms with van der Waals surface area (Å²) in [4.78, 5) is 22.5. The number of hydrogen-bond donors (Lipinski definition) is 1. The lowest BCUT2D eigenvalue weighted by molar-refractivity contribution is -0.118. The fraction of sp³-hybridized carbons (Fsp3) is 0.333. The molecular formula is C12H13BrO3. The van der Waals surface area contributed by atoms with Crippen LogP contribution in [-0.4, -0.2) is 16.9 Å². The third-order valence-corrected chi connectivity index (χ3v) is 3.01. The van der Waals surface area contributed by atoms with Gasteiger partial charge < -0.3 is 5.11 Å². The van der Waals surface area contributed by atoms with Crippen molar-refractivity contribution in [2.24, 2.45) is 0 Å². The van der Waals surface area contributed by atoms with Crippen molar-refractivity contribution in [1.29, 1.82) is 0 Å². The van der Waals surface area contributed by atoms with Crippen molar-refractivity contribution in [3.05, 3.63) is 33.8 Å². The van der Waals surface area contributed by atoms with E-state index in [9.17, 15) is 9.59 Å². The molecule has 0 aliphatic rings. The monoisotopic (exact) mass is 284 g/mol. The van der Waals surface area contributed by atoms with Gasteiger partial charge in [0.1, 0.15) is 5.78 Å². The Kier molecular flexibility index (Phi) is 4.24. The van der Waals surface area contributed by atoms with E-state index in [1.165, 1.54) is 13.0 Å². The van der Waals surface area contributed by atoms with Crippen LogP contribution in [0.15, 0.2) is 22.7 Å². The first-order chi connectivity index (χ1) is 7.47. The number of rotatable bonds is 4. The molecule has 1 N–H and O–H groups in total. The first-order valence-electron chi connectivity index (χ1n) is 5.00. The van der Waals surface area contributed by atoms with Crippen LogP contribution in [0, 0.1) is 0 Å². The van der Waals surface area contributed by atoms with E-state index in [2.05, 4.69) is 15.9 Å². The molecule has 16 heavy (non-hydrogen) atoms. The number of ketones is 1. The van der Waals surface area contributed by atoms with Gasteiger partial charge in [0.15, 0.2) is 0 Å². The number of benzene rings is 1. The second-order valence-electron chi connectivity index (χ2n) is 3.61. The summed E-state index contributed by atoms with van der Waals surface area (Å²) in [5, 5.41) is 9.08. The summed E-state index contributed by atoms with van der Waals surface area (Å²) >= 11 is 3.22. The van der Waals surface area contributed by atoms with Crippen molar-refractivity contribution in [2.45, 2.75) is 26.2 Å². The molecule has 1 aromatic rings. The van der Waals surface area contributed by atoms with Gasteiger partial charge in [-0.25, -0.2) is 4.79 Å². The van der Waals surface area contributed by atoms with E-state index in [4.69, 9.17) is 5.11 Å². The quantitative estimate of drug-likeness (QED) is 0.924. The minimum absolute atomic E-state index is 0.00711. The van der Waals surface area contributed by atoms with Crippen molar-refractivity contribution >= 4 is 27.7 Å². The number of carboxylic acid groups (broad SMARTS) is 1. The first-order valence-corrected chi connectivity index (χ1v) is 5.79. The molecule has 86 valence electrons. The van der Waals surface area contributed by atoms with Crippen LogP contribution >= 0.6 is 15.9 Å². The fourth-order valence-electron chi connectivity index (χ4n) is 1.74. The van der Waals surface area contributed by atoms with Crippen LogP contribution in [-0.2, 0) is 4.79 Å². The van der Waals surface area contributed by atoms with Gasteiger partial charge in [-0.05, 0) is 31.0 Å². The maximum absolute atomic E-state index is 11.4. The van der Waals surface area contributed by atoms with E-state index in [0.717, 1.165) is 0 Å². The summed E-state index contributed by atoms with van der Waals surface area (Å²) < 4.78 is 0.701. The van der Waals surface area contributed by atoms with Gasteiger partial charge in [-0.3, -0.25) is 4.79 Å². The molecular weight excluding hydrogens is 272 g/mol. The Hall–Kier alpha value is -1.16. The Labute approximate surface area is 103 Å². The highest BCUT2D eigenvalue weighted by Crippen LogP contribution is 2.27. The Balaban J connectivity index is 3.31. The number of carbonyl (C=O) groups is 2. The molecule has 1 rings (SSSR count). The van der Waals surface area contributed by atoms with Crippen molar-refractivity contribution < 1.29 is 14.7 Å². The van der Waals surface area contributed by atoms with Gasteiger partial charge in [0, 0.05) is 10.4 Å². The molecule has 1 unspecified atom stereocenters. The van der Waals surface area contributed by atoms with Crippen LogP contribution in [0.5, 0.6) is 0 Å². The minimum Gasteiger partial charge on any atom is -0.478 e. The largest absolute Gasteiger partial charge is 0.478 e. The summed E-state index contributed by atoms with van der Waals surface area (Å²) in [7, 11) is 0. The zero-order valence-electron chi connectivity index (χ0n) is 9.16. The summed E-state index contributed by atoms with van der Waals surface area (Å²) in [6.45, 7) is 3.36. The molecule has 0 saturated heterocycles. The molecule has 0 spiro atoms. The van der Waals surface area contributed by atoms with Crippen LogP contribution < -0.4 is 0 Å². The van der Waals surface area contributed by atoms with Crippen LogP contribution in [0.3, 0.4) is 0 Å². The molecule has 1 aromatic carbocycles. The topological polar surface area (TPSA) is 54.4 Å². The van der Waals surface area contributed by atoms with Crippen molar-refractivity contribution in [3.8, 4) is 0 Å². The van der Waals surface area contributed by atoms with Crippen LogP contribution in [0.2, 0.25) is 0 Å². The lowest BCUT2D eigenvalue weighted by Crippen LogP contribution is -2.13. The van der Waals surface area contributed by atoms with Crippen LogP contribution in [0.1, 0.15) is 42.1 Å². The number of hydrogen-bond acceptors (Lipinski definition) is 2. The van der Waals surface area contributed by atoms with E-state index >= 15 is 0 Å². The predicted octanol–water partition coefficient (Wildman–Crippen LogP) is 3.23. The molecule has 0 amide bonds. The SMILES string of the molecule is CCC(C(C)=O)c1ccc(Br)cc1C(=O)O. The van der Waals surface area contributed by atoms with Gasteiger partial charge in [-0.1, -0.05) is 28.9 Å². The van der Waals surface area contributed by atoms with Gasteiger partial charge in [-0.2, -0.15) is 0 Å². The molecule has 1 atom stereocenters. The Morgan fingerprint density at radius 3 is 2.50 bits per heavy atom. The smallest absolute Gasteiger partial charge is 0.336 e. The number of Topliss-reactive ketones (excluding diaryl/α,β-unsaturated/α-hetero) is 1. The highest BCUT2D eigenvalue weighted by Gasteiger charge is 2.21. The normalized spacial score (nSPS) is 12.2. The summed E-state index contributed by atoms with van der Waals surface area (Å²) in [6, 6.07) is 4.99. The van der Waals surface area contributed by atoms with Crippen molar-refractivity contribution in [2.75, 3.05) is 0 Å². The van der Waals surface area contributed by atoms with Crippen molar-refractivity contribution in [1.82, 2.24) is 0 Å². The Morgan fingerprint density at radius 1 is 1.44 bits per heavy atom. The third kappa shape index (κ3) is 2.70. The molecule has 0 radical (unpaired) electrons. The number of halogens is 1. The van der Waals surface area contributed by atoms with Gasteiger partial charge in [-0.15, -0.1) is 0 Å². The average Bonchev–Trinajstić information content (AvgIpc) is 2.20. The number of aromatic carboxylic acids is 1. The third-order valence-electron chi connectivity index (χ3n) is 2.52. The molecule has 0 aliphatic heterocycles. The molecule has 3 nitrogen and oxygen atoms in total. The molecule has 4 heteroatoms. The van der Waals surface area contributed by atoms with Gasteiger partial charge >= 0.3 is 5.97 Å². The molecule has 0 fully saturated rings. The molecule has 0 saturated carbocycles. The van der Waals surface area contributed by atoms with E-state index in [0.29, 0.717) is 16.5 Å². The summed E-state index contributed by atoms with van der Waals surface area (Å²) in [6.07, 6.45) is 0.608. The number of carboxylic acids is 1. The standard InChI is InChI=1S/C12H13BrO3/c1-3-9(7(2)14)10-5-4-8(13)6-11(10)12(15)16/h4-6,9H,3H2,1-2H3,(H,15,16).